The Hall–Kier alpha value is -1.72. The predicted molar refractivity (Wildman–Crippen MR) is 80.8 cm³/mol. The van der Waals surface area contributed by atoms with Crippen molar-refractivity contribution in [1.82, 2.24) is 9.78 Å². The number of hydrogen-bond donors (Lipinski definition) is 2. The number of methoxy groups -OCH3 is 1. The first kappa shape index (κ1) is 16.3. The lowest BCUT2D eigenvalue weighted by Gasteiger charge is -2.06. The topological polar surface area (TPSA) is 82.2 Å². The molecule has 0 unspecified atom stereocenters. The molecule has 0 aromatic carbocycles. The molecule has 114 valence electrons. The third-order valence-corrected chi connectivity index (χ3v) is 3.12. The molecule has 3 N–H and O–H groups in total. The van der Waals surface area contributed by atoms with Crippen molar-refractivity contribution in [3.05, 3.63) is 5.56 Å². The molecule has 1 aromatic heterocycles. The van der Waals surface area contributed by atoms with E-state index in [0.29, 0.717) is 29.7 Å². The summed E-state index contributed by atoms with van der Waals surface area (Å²) in [5, 5.41) is 7.57. The van der Waals surface area contributed by atoms with Gasteiger partial charge in [-0.1, -0.05) is 27.2 Å². The van der Waals surface area contributed by atoms with E-state index in [4.69, 9.17) is 10.5 Å². The summed E-state index contributed by atoms with van der Waals surface area (Å²) in [6, 6.07) is 0. The number of nitrogens with one attached hydrogen (secondary N) is 1. The normalized spacial score (nSPS) is 10.8. The molecule has 0 radical (unpaired) electrons. The minimum Gasteiger partial charge on any atom is -0.465 e. The number of nitrogens with two attached hydrogens (primary N) is 1. The van der Waals surface area contributed by atoms with E-state index in [2.05, 4.69) is 31.2 Å². The van der Waals surface area contributed by atoms with Crippen molar-refractivity contribution < 1.29 is 9.53 Å². The van der Waals surface area contributed by atoms with Crippen LogP contribution in [0.25, 0.3) is 0 Å². The van der Waals surface area contributed by atoms with Crippen LogP contribution in [0.4, 0.5) is 11.6 Å². The van der Waals surface area contributed by atoms with Crippen LogP contribution in [0.15, 0.2) is 0 Å². The van der Waals surface area contributed by atoms with Crippen LogP contribution in [0.3, 0.4) is 0 Å². The standard InChI is InChI=1S/C14H26N4O2/c1-5-6-8-16-13-11(14(19)20-4)12(15)18(17-13)9-7-10(2)3/h10H,5-9,15H2,1-4H3,(H,16,17). The number of rotatable bonds is 8. The second kappa shape index (κ2) is 7.77. The second-order valence-corrected chi connectivity index (χ2v) is 5.29. The molecule has 1 aromatic rings. The average molecular weight is 282 g/mol. The average Bonchev–Trinajstić information content (AvgIpc) is 2.72. The number of anilines is 2. The van der Waals surface area contributed by atoms with Crippen LogP contribution < -0.4 is 11.1 Å². The van der Waals surface area contributed by atoms with Gasteiger partial charge in [0.25, 0.3) is 0 Å². The molecule has 1 heterocycles. The quantitative estimate of drug-likeness (QED) is 0.565. The van der Waals surface area contributed by atoms with Crippen LogP contribution >= 0.6 is 0 Å². The predicted octanol–water partition coefficient (Wildman–Crippen LogP) is 2.51. The fourth-order valence-electron chi connectivity index (χ4n) is 1.84. The highest BCUT2D eigenvalue weighted by Crippen LogP contribution is 2.23. The molecule has 0 fully saturated rings. The van der Waals surface area contributed by atoms with Gasteiger partial charge in [0.05, 0.1) is 7.11 Å². The lowest BCUT2D eigenvalue weighted by Crippen LogP contribution is -2.10. The van der Waals surface area contributed by atoms with Crippen molar-refractivity contribution in [3.8, 4) is 0 Å². The molecule has 0 atom stereocenters. The van der Waals surface area contributed by atoms with Crippen LogP contribution in [-0.4, -0.2) is 29.4 Å². The monoisotopic (exact) mass is 282 g/mol. The molecule has 20 heavy (non-hydrogen) atoms. The molecule has 0 saturated carbocycles. The summed E-state index contributed by atoms with van der Waals surface area (Å²) in [5.74, 6) is 0.997. The molecular weight excluding hydrogens is 256 g/mol. The number of esters is 1. The SMILES string of the molecule is CCCCNc1nn(CCC(C)C)c(N)c1C(=O)OC. The molecule has 0 aliphatic carbocycles. The van der Waals surface area contributed by atoms with E-state index in [9.17, 15) is 4.79 Å². The van der Waals surface area contributed by atoms with Gasteiger partial charge in [0.1, 0.15) is 11.4 Å². The highest BCUT2D eigenvalue weighted by atomic mass is 16.5. The highest BCUT2D eigenvalue weighted by molar-refractivity contribution is 5.99. The van der Waals surface area contributed by atoms with Crippen LogP contribution in [0.5, 0.6) is 0 Å². The smallest absolute Gasteiger partial charge is 0.345 e. The molecule has 0 aliphatic rings. The zero-order chi connectivity index (χ0) is 15.1. The summed E-state index contributed by atoms with van der Waals surface area (Å²) in [6.07, 6.45) is 3.05. The second-order valence-electron chi connectivity index (χ2n) is 5.29. The zero-order valence-electron chi connectivity index (χ0n) is 12.9. The van der Waals surface area contributed by atoms with Gasteiger partial charge < -0.3 is 15.8 Å². The van der Waals surface area contributed by atoms with E-state index >= 15 is 0 Å². The molecule has 0 aliphatic heterocycles. The lowest BCUT2D eigenvalue weighted by atomic mass is 10.1. The van der Waals surface area contributed by atoms with Crippen molar-refractivity contribution in [2.75, 3.05) is 24.7 Å². The van der Waals surface area contributed by atoms with E-state index in [-0.39, 0.29) is 0 Å². The number of carbonyl (C=O) groups is 1. The summed E-state index contributed by atoms with van der Waals surface area (Å²) in [5.41, 5.74) is 6.37. The van der Waals surface area contributed by atoms with Crippen molar-refractivity contribution in [1.29, 1.82) is 0 Å². The van der Waals surface area contributed by atoms with Crippen LogP contribution in [0.2, 0.25) is 0 Å². The Morgan fingerprint density at radius 3 is 2.75 bits per heavy atom. The third-order valence-electron chi connectivity index (χ3n) is 3.12. The van der Waals surface area contributed by atoms with Gasteiger partial charge in [-0.2, -0.15) is 5.10 Å². The third kappa shape index (κ3) is 4.15. The van der Waals surface area contributed by atoms with Gasteiger partial charge in [-0.3, -0.25) is 0 Å². The molecule has 1 rings (SSSR count). The van der Waals surface area contributed by atoms with Gasteiger partial charge in [0.2, 0.25) is 0 Å². The van der Waals surface area contributed by atoms with Gasteiger partial charge in [0.15, 0.2) is 5.82 Å². The van der Waals surface area contributed by atoms with Gasteiger partial charge >= 0.3 is 5.97 Å². The largest absolute Gasteiger partial charge is 0.465 e. The highest BCUT2D eigenvalue weighted by Gasteiger charge is 2.22. The number of nitrogen functional groups attached to an aromatic ring is 1. The Bertz CT molecular complexity index is 441. The Morgan fingerprint density at radius 1 is 1.50 bits per heavy atom. The molecule has 0 saturated heterocycles. The first-order chi connectivity index (χ1) is 9.51. The Kier molecular flexibility index (Phi) is 6.35. The molecule has 0 bridgehead atoms. The Morgan fingerprint density at radius 2 is 2.20 bits per heavy atom. The molecule has 0 spiro atoms. The first-order valence-corrected chi connectivity index (χ1v) is 7.19. The fraction of sp³-hybridized carbons (Fsp3) is 0.714. The summed E-state index contributed by atoms with van der Waals surface area (Å²) < 4.78 is 6.47. The molecule has 6 nitrogen and oxygen atoms in total. The fourth-order valence-corrected chi connectivity index (χ4v) is 1.84. The summed E-state index contributed by atoms with van der Waals surface area (Å²) >= 11 is 0. The van der Waals surface area contributed by atoms with E-state index < -0.39 is 5.97 Å². The summed E-state index contributed by atoms with van der Waals surface area (Å²) in [7, 11) is 1.35. The number of carbonyl (C=O) groups excluding carboxylic acids is 1. The number of hydrogen-bond acceptors (Lipinski definition) is 5. The number of aromatic nitrogens is 2. The van der Waals surface area contributed by atoms with Crippen molar-refractivity contribution in [3.63, 3.8) is 0 Å². The maximum atomic E-state index is 11.8. The van der Waals surface area contributed by atoms with Crippen molar-refractivity contribution in [2.24, 2.45) is 5.92 Å². The van der Waals surface area contributed by atoms with E-state index in [1.165, 1.54) is 7.11 Å². The van der Waals surface area contributed by atoms with E-state index in [1.54, 1.807) is 4.68 Å². The summed E-state index contributed by atoms with van der Waals surface area (Å²) in [6.45, 7) is 7.85. The van der Waals surface area contributed by atoms with Crippen molar-refractivity contribution in [2.45, 2.75) is 46.6 Å². The minimum atomic E-state index is -0.447. The molecular formula is C14H26N4O2. The maximum absolute atomic E-state index is 11.8. The Labute approximate surface area is 120 Å². The van der Waals surface area contributed by atoms with E-state index in [1.807, 2.05) is 0 Å². The number of ether oxygens (including phenoxy) is 1. The number of unbranched alkanes of at least 4 members (excludes halogenated alkanes) is 1. The number of nitrogens with zero attached hydrogens (tertiary/aromatic N) is 2. The van der Waals surface area contributed by atoms with Crippen LogP contribution in [0.1, 0.15) is 50.4 Å². The van der Waals surface area contributed by atoms with Crippen molar-refractivity contribution >= 4 is 17.6 Å². The minimum absolute atomic E-state index is 0.340. The zero-order valence-corrected chi connectivity index (χ0v) is 12.9. The lowest BCUT2D eigenvalue weighted by molar-refractivity contribution is 0.0603. The Balaban J connectivity index is 2.94. The van der Waals surface area contributed by atoms with Crippen LogP contribution in [-0.2, 0) is 11.3 Å². The first-order valence-electron chi connectivity index (χ1n) is 7.19. The van der Waals surface area contributed by atoms with E-state index in [0.717, 1.165) is 25.8 Å². The van der Waals surface area contributed by atoms with Gasteiger partial charge in [-0.25, -0.2) is 9.48 Å². The van der Waals surface area contributed by atoms with Gasteiger partial charge in [-0.05, 0) is 18.8 Å². The molecule has 0 amide bonds. The van der Waals surface area contributed by atoms with Crippen LogP contribution in [0, 0.1) is 5.92 Å². The van der Waals surface area contributed by atoms with Gasteiger partial charge in [-0.15, -0.1) is 0 Å². The maximum Gasteiger partial charge on any atom is 0.345 e. The van der Waals surface area contributed by atoms with Gasteiger partial charge in [0, 0.05) is 13.1 Å². The molecule has 6 heteroatoms. The number of aryl methyl sites for hydroxylation is 1. The summed E-state index contributed by atoms with van der Waals surface area (Å²) in [4.78, 5) is 11.8.